The van der Waals surface area contributed by atoms with E-state index in [2.05, 4.69) is 5.32 Å². The van der Waals surface area contributed by atoms with E-state index in [0.29, 0.717) is 25.0 Å². The molecule has 0 bridgehead atoms. The summed E-state index contributed by atoms with van der Waals surface area (Å²) in [6.45, 7) is 3.68. The van der Waals surface area contributed by atoms with Crippen molar-refractivity contribution in [2.45, 2.75) is 32.7 Å². The molecule has 98 valence electrons. The monoisotopic (exact) mass is 251 g/mol. The van der Waals surface area contributed by atoms with Gasteiger partial charge in [-0.2, -0.15) is 0 Å². The summed E-state index contributed by atoms with van der Waals surface area (Å²) in [5.74, 6) is -0.408. The summed E-state index contributed by atoms with van der Waals surface area (Å²) < 4.78 is 19.1. The van der Waals surface area contributed by atoms with Crippen LogP contribution in [0.2, 0.25) is 0 Å². The van der Waals surface area contributed by atoms with Crippen molar-refractivity contribution in [1.29, 1.82) is 0 Å². The maximum Gasteiger partial charge on any atom is 0.306 e. The Bertz CT molecular complexity index is 446. The van der Waals surface area contributed by atoms with Gasteiger partial charge in [-0.05, 0) is 43.0 Å². The molecule has 0 atom stereocenters. The largest absolute Gasteiger partial charge is 0.466 e. The number of rotatable bonds is 4. The van der Waals surface area contributed by atoms with Gasteiger partial charge in [-0.25, -0.2) is 4.39 Å². The van der Waals surface area contributed by atoms with Gasteiger partial charge in [0.25, 0.3) is 0 Å². The molecule has 18 heavy (non-hydrogen) atoms. The van der Waals surface area contributed by atoms with Gasteiger partial charge in [-0.3, -0.25) is 4.79 Å². The quantitative estimate of drug-likeness (QED) is 0.831. The first-order valence-electron chi connectivity index (χ1n) is 6.38. The average Bonchev–Trinajstić information content (AvgIpc) is 2.39. The van der Waals surface area contributed by atoms with Gasteiger partial charge in [0.05, 0.1) is 6.61 Å². The van der Waals surface area contributed by atoms with Gasteiger partial charge < -0.3 is 10.1 Å². The van der Waals surface area contributed by atoms with Crippen molar-refractivity contribution in [2.24, 2.45) is 0 Å². The maximum absolute atomic E-state index is 14.2. The number of carbonyl (C=O) groups is 1. The molecule has 0 radical (unpaired) electrons. The van der Waals surface area contributed by atoms with E-state index < -0.39 is 0 Å². The second-order valence-electron chi connectivity index (χ2n) is 4.41. The third-order valence-electron chi connectivity index (χ3n) is 3.19. The molecule has 3 nitrogen and oxygen atoms in total. The summed E-state index contributed by atoms with van der Waals surface area (Å²) in [5.41, 5.74) is 2.44. The van der Waals surface area contributed by atoms with Crippen molar-refractivity contribution in [3.8, 4) is 0 Å². The highest BCUT2D eigenvalue weighted by Gasteiger charge is 2.16. The first-order valence-corrected chi connectivity index (χ1v) is 6.38. The van der Waals surface area contributed by atoms with E-state index in [1.54, 1.807) is 13.0 Å². The molecule has 1 aromatic rings. The Hall–Kier alpha value is -1.42. The molecule has 2 rings (SSSR count). The van der Waals surface area contributed by atoms with E-state index in [1.165, 1.54) is 0 Å². The van der Waals surface area contributed by atoms with Gasteiger partial charge in [-0.1, -0.05) is 12.1 Å². The lowest BCUT2D eigenvalue weighted by Crippen LogP contribution is -2.25. The number of nitrogens with one attached hydrogen (secondary N) is 1. The lowest BCUT2D eigenvalue weighted by Gasteiger charge is -2.19. The first-order chi connectivity index (χ1) is 8.72. The number of fused-ring (bicyclic) bond motifs is 1. The van der Waals surface area contributed by atoms with Gasteiger partial charge in [0, 0.05) is 13.0 Å². The Kier molecular flexibility index (Phi) is 4.31. The zero-order valence-corrected chi connectivity index (χ0v) is 10.6. The van der Waals surface area contributed by atoms with Crippen LogP contribution in [0, 0.1) is 5.82 Å². The van der Waals surface area contributed by atoms with Crippen LogP contribution < -0.4 is 5.32 Å². The highest BCUT2D eigenvalue weighted by Crippen LogP contribution is 2.22. The molecule has 0 fully saturated rings. The normalized spacial score (nSPS) is 14.1. The summed E-state index contributed by atoms with van der Waals surface area (Å²) in [6.07, 6.45) is 1.36. The van der Waals surface area contributed by atoms with Crippen LogP contribution in [0.25, 0.3) is 0 Å². The Labute approximate surface area is 106 Å². The highest BCUT2D eigenvalue weighted by atomic mass is 19.1. The smallest absolute Gasteiger partial charge is 0.306 e. The van der Waals surface area contributed by atoms with E-state index in [1.807, 2.05) is 6.07 Å². The molecule has 0 saturated carbocycles. The minimum absolute atomic E-state index is 0.140. The number of hydrogen-bond acceptors (Lipinski definition) is 3. The van der Waals surface area contributed by atoms with Crippen LogP contribution in [0.3, 0.4) is 0 Å². The lowest BCUT2D eigenvalue weighted by atomic mass is 9.96. The molecule has 0 spiro atoms. The topological polar surface area (TPSA) is 38.3 Å². The van der Waals surface area contributed by atoms with Crippen molar-refractivity contribution < 1.29 is 13.9 Å². The minimum Gasteiger partial charge on any atom is -0.466 e. The third-order valence-corrected chi connectivity index (χ3v) is 3.19. The maximum atomic E-state index is 14.2. The van der Waals surface area contributed by atoms with Gasteiger partial charge in [0.1, 0.15) is 5.82 Å². The molecule has 0 unspecified atom stereocenters. The van der Waals surface area contributed by atoms with Crippen molar-refractivity contribution in [3.63, 3.8) is 0 Å². The molecule has 0 aromatic heterocycles. The van der Waals surface area contributed by atoms with Gasteiger partial charge >= 0.3 is 5.97 Å². The van der Waals surface area contributed by atoms with Crippen molar-refractivity contribution in [1.82, 2.24) is 5.32 Å². The molecule has 0 amide bonds. The van der Waals surface area contributed by atoms with Crippen LogP contribution in [0.1, 0.15) is 30.0 Å². The molecule has 1 heterocycles. The number of hydrogen-bond donors (Lipinski definition) is 1. The third kappa shape index (κ3) is 2.88. The zero-order valence-electron chi connectivity index (χ0n) is 10.6. The van der Waals surface area contributed by atoms with E-state index in [9.17, 15) is 9.18 Å². The molecule has 1 N–H and O–H groups in total. The molecule has 0 aliphatic carbocycles. The summed E-state index contributed by atoms with van der Waals surface area (Å²) in [4.78, 5) is 11.3. The van der Waals surface area contributed by atoms with Gasteiger partial charge in [0.2, 0.25) is 0 Å². The Morgan fingerprint density at radius 2 is 2.33 bits per heavy atom. The molecule has 4 heteroatoms. The van der Waals surface area contributed by atoms with Crippen molar-refractivity contribution in [2.75, 3.05) is 13.2 Å². The summed E-state index contributed by atoms with van der Waals surface area (Å²) in [6, 6.07) is 3.73. The van der Waals surface area contributed by atoms with Crippen LogP contribution in [-0.2, 0) is 28.9 Å². The lowest BCUT2D eigenvalue weighted by molar-refractivity contribution is -0.143. The van der Waals surface area contributed by atoms with Crippen LogP contribution in [0.4, 0.5) is 4.39 Å². The molecule has 1 aromatic carbocycles. The molecule has 1 aliphatic heterocycles. The number of esters is 1. The molecule has 0 saturated heterocycles. The van der Waals surface area contributed by atoms with Crippen molar-refractivity contribution >= 4 is 5.97 Å². The Balaban J connectivity index is 2.07. The summed E-state index contributed by atoms with van der Waals surface area (Å²) in [5, 5.41) is 3.21. The SMILES string of the molecule is CCOC(=O)CCc1ccc2c(c1F)CCNC2. The van der Waals surface area contributed by atoms with Crippen LogP contribution >= 0.6 is 0 Å². The number of ether oxygens (including phenoxy) is 1. The van der Waals surface area contributed by atoms with E-state index >= 15 is 0 Å². The average molecular weight is 251 g/mol. The number of halogens is 1. The first kappa shape index (κ1) is 13.0. The Morgan fingerprint density at radius 1 is 1.50 bits per heavy atom. The Morgan fingerprint density at radius 3 is 3.11 bits per heavy atom. The fourth-order valence-electron chi connectivity index (χ4n) is 2.25. The van der Waals surface area contributed by atoms with E-state index in [-0.39, 0.29) is 18.2 Å². The number of benzene rings is 1. The number of carbonyl (C=O) groups excluding carboxylic acids is 1. The van der Waals surface area contributed by atoms with Crippen LogP contribution in [-0.4, -0.2) is 19.1 Å². The minimum atomic E-state index is -0.267. The predicted octanol–water partition coefficient (Wildman–Crippen LogP) is 1.97. The second kappa shape index (κ2) is 5.96. The fraction of sp³-hybridized carbons (Fsp3) is 0.500. The molecular weight excluding hydrogens is 233 g/mol. The fourth-order valence-corrected chi connectivity index (χ4v) is 2.25. The standard InChI is InChI=1S/C14H18FNO2/c1-2-18-13(17)6-5-10-3-4-11-9-16-8-7-12(11)14(10)15/h3-4,16H,2,5-9H2,1H3. The molecule has 1 aliphatic rings. The predicted molar refractivity (Wildman–Crippen MR) is 66.8 cm³/mol. The van der Waals surface area contributed by atoms with Gasteiger partial charge in [0.15, 0.2) is 0 Å². The van der Waals surface area contributed by atoms with Crippen molar-refractivity contribution in [3.05, 3.63) is 34.6 Å². The number of aryl methyl sites for hydroxylation is 1. The van der Waals surface area contributed by atoms with E-state index in [4.69, 9.17) is 4.74 Å². The van der Waals surface area contributed by atoms with Gasteiger partial charge in [-0.15, -0.1) is 0 Å². The van der Waals surface area contributed by atoms with E-state index in [0.717, 1.165) is 24.2 Å². The summed E-state index contributed by atoms with van der Waals surface area (Å²) in [7, 11) is 0. The second-order valence-corrected chi connectivity index (χ2v) is 4.41. The highest BCUT2D eigenvalue weighted by molar-refractivity contribution is 5.69. The summed E-state index contributed by atoms with van der Waals surface area (Å²) >= 11 is 0. The zero-order chi connectivity index (χ0) is 13.0. The molecular formula is C14H18FNO2. The van der Waals surface area contributed by atoms with Crippen LogP contribution in [0.15, 0.2) is 12.1 Å². The van der Waals surface area contributed by atoms with Crippen LogP contribution in [0.5, 0.6) is 0 Å².